The van der Waals surface area contributed by atoms with Crippen molar-refractivity contribution < 1.29 is 22.4 Å². The highest BCUT2D eigenvalue weighted by Gasteiger charge is 2.37. The number of hydrogen-bond donors (Lipinski definition) is 1. The standard InChI is InChI=1S/C21H15ClF4N2O/c22-16-4-1-3-15(11-16)20(29)28-18(14-8-6-13(12-23)7-9-14)19-17(21(24,25)26)5-2-10-27-19/h1-11,18H,12H2,(H,28,29)/t18-/m0/s1. The summed E-state index contributed by atoms with van der Waals surface area (Å²) in [6, 6.07) is 12.7. The number of pyridine rings is 1. The normalized spacial score (nSPS) is 12.4. The van der Waals surface area contributed by atoms with Crippen LogP contribution in [-0.2, 0) is 12.9 Å². The second-order valence-electron chi connectivity index (χ2n) is 6.23. The second-order valence-corrected chi connectivity index (χ2v) is 6.66. The highest BCUT2D eigenvalue weighted by Crippen LogP contribution is 2.35. The van der Waals surface area contributed by atoms with Gasteiger partial charge in [-0.15, -0.1) is 0 Å². The van der Waals surface area contributed by atoms with Crippen molar-refractivity contribution in [1.82, 2.24) is 10.3 Å². The smallest absolute Gasteiger partial charge is 0.340 e. The topological polar surface area (TPSA) is 42.0 Å². The summed E-state index contributed by atoms with van der Waals surface area (Å²) >= 11 is 5.90. The summed E-state index contributed by atoms with van der Waals surface area (Å²) in [6.45, 7) is -0.711. The fourth-order valence-electron chi connectivity index (χ4n) is 2.84. The minimum atomic E-state index is -4.67. The summed E-state index contributed by atoms with van der Waals surface area (Å²) in [5, 5.41) is 2.90. The molecule has 0 spiro atoms. The van der Waals surface area contributed by atoms with Crippen LogP contribution in [0.4, 0.5) is 17.6 Å². The van der Waals surface area contributed by atoms with E-state index in [0.717, 1.165) is 6.07 Å². The summed E-state index contributed by atoms with van der Waals surface area (Å²) in [5.41, 5.74) is -0.436. The maximum absolute atomic E-state index is 13.5. The molecule has 3 rings (SSSR count). The summed E-state index contributed by atoms with van der Waals surface area (Å²) in [4.78, 5) is 16.6. The molecule has 0 aliphatic heterocycles. The number of carbonyl (C=O) groups excluding carboxylic acids is 1. The van der Waals surface area contributed by atoms with E-state index in [4.69, 9.17) is 11.6 Å². The lowest BCUT2D eigenvalue weighted by Gasteiger charge is -2.22. The number of nitrogens with zero attached hydrogens (tertiary/aromatic N) is 1. The van der Waals surface area contributed by atoms with Crippen LogP contribution in [0.15, 0.2) is 66.9 Å². The van der Waals surface area contributed by atoms with E-state index in [2.05, 4.69) is 10.3 Å². The molecule has 8 heteroatoms. The van der Waals surface area contributed by atoms with Crippen molar-refractivity contribution in [3.8, 4) is 0 Å². The van der Waals surface area contributed by atoms with Gasteiger partial charge in [-0.25, -0.2) is 4.39 Å². The average molecular weight is 423 g/mol. The SMILES string of the molecule is O=C(N[C@@H](c1ccc(CF)cc1)c1ncccc1C(F)(F)F)c1cccc(Cl)c1. The van der Waals surface area contributed by atoms with E-state index in [1.807, 2.05) is 0 Å². The Morgan fingerprint density at radius 3 is 2.41 bits per heavy atom. The number of hydrogen-bond acceptors (Lipinski definition) is 2. The maximum Gasteiger partial charge on any atom is 0.418 e. The fourth-order valence-corrected chi connectivity index (χ4v) is 3.03. The summed E-state index contributed by atoms with van der Waals surface area (Å²) in [7, 11) is 0. The third-order valence-electron chi connectivity index (χ3n) is 4.25. The molecule has 3 aromatic rings. The number of carbonyl (C=O) groups is 1. The van der Waals surface area contributed by atoms with Crippen molar-refractivity contribution in [2.24, 2.45) is 0 Å². The van der Waals surface area contributed by atoms with Gasteiger partial charge in [0.2, 0.25) is 0 Å². The van der Waals surface area contributed by atoms with Crippen molar-refractivity contribution >= 4 is 17.5 Å². The number of alkyl halides is 4. The molecule has 2 aromatic carbocycles. The monoisotopic (exact) mass is 422 g/mol. The Bertz CT molecular complexity index is 1010. The molecule has 150 valence electrons. The second kappa shape index (κ2) is 8.61. The Morgan fingerprint density at radius 1 is 1.07 bits per heavy atom. The van der Waals surface area contributed by atoms with E-state index < -0.39 is 30.4 Å². The first kappa shape index (κ1) is 20.8. The van der Waals surface area contributed by atoms with Gasteiger partial charge in [-0.1, -0.05) is 41.9 Å². The zero-order valence-corrected chi connectivity index (χ0v) is 15.6. The maximum atomic E-state index is 13.5. The molecule has 0 unspecified atom stereocenters. The van der Waals surface area contributed by atoms with Gasteiger partial charge in [0.25, 0.3) is 5.91 Å². The first-order valence-electron chi connectivity index (χ1n) is 8.53. The van der Waals surface area contributed by atoms with E-state index in [9.17, 15) is 22.4 Å². The molecule has 0 aliphatic rings. The van der Waals surface area contributed by atoms with Crippen LogP contribution < -0.4 is 5.32 Å². The molecule has 3 nitrogen and oxygen atoms in total. The Morgan fingerprint density at radius 2 is 1.79 bits per heavy atom. The van der Waals surface area contributed by atoms with Crippen LogP contribution in [0, 0.1) is 0 Å². The zero-order valence-electron chi connectivity index (χ0n) is 14.9. The number of rotatable bonds is 5. The van der Waals surface area contributed by atoms with Gasteiger partial charge >= 0.3 is 6.18 Å². The van der Waals surface area contributed by atoms with Crippen LogP contribution in [0.3, 0.4) is 0 Å². The first-order chi connectivity index (χ1) is 13.8. The van der Waals surface area contributed by atoms with Crippen LogP contribution in [0.1, 0.15) is 38.8 Å². The lowest BCUT2D eigenvalue weighted by molar-refractivity contribution is -0.138. The van der Waals surface area contributed by atoms with Crippen LogP contribution in [0.5, 0.6) is 0 Å². The van der Waals surface area contributed by atoms with Gasteiger partial charge in [-0.3, -0.25) is 9.78 Å². The Labute approximate surface area is 169 Å². The summed E-state index contributed by atoms with van der Waals surface area (Å²) in [6.07, 6.45) is -3.44. The van der Waals surface area contributed by atoms with Crippen molar-refractivity contribution in [3.63, 3.8) is 0 Å². The average Bonchev–Trinajstić information content (AvgIpc) is 2.71. The van der Waals surface area contributed by atoms with Gasteiger partial charge in [0.1, 0.15) is 6.67 Å². The molecular weight excluding hydrogens is 408 g/mol. The molecule has 0 aliphatic carbocycles. The number of amides is 1. The van der Waals surface area contributed by atoms with Crippen LogP contribution >= 0.6 is 11.6 Å². The van der Waals surface area contributed by atoms with E-state index in [0.29, 0.717) is 16.1 Å². The molecule has 0 fully saturated rings. The number of halogens is 5. The van der Waals surface area contributed by atoms with E-state index in [1.54, 1.807) is 12.1 Å². The number of benzene rings is 2. The summed E-state index contributed by atoms with van der Waals surface area (Å²) in [5.74, 6) is -0.620. The highest BCUT2D eigenvalue weighted by atomic mass is 35.5. The first-order valence-corrected chi connectivity index (χ1v) is 8.90. The van der Waals surface area contributed by atoms with Crippen molar-refractivity contribution in [3.05, 3.63) is 99.8 Å². The molecule has 0 saturated carbocycles. The Hall–Kier alpha value is -2.93. The molecule has 0 radical (unpaired) electrons. The zero-order chi connectivity index (χ0) is 21.0. The van der Waals surface area contributed by atoms with E-state index in [-0.39, 0.29) is 11.3 Å². The number of aromatic nitrogens is 1. The van der Waals surface area contributed by atoms with E-state index >= 15 is 0 Å². The highest BCUT2D eigenvalue weighted by molar-refractivity contribution is 6.30. The predicted octanol–water partition coefficient (Wildman–Crippen LogP) is 5.74. The fraction of sp³-hybridized carbons (Fsp3) is 0.143. The van der Waals surface area contributed by atoms with Gasteiger partial charge in [0, 0.05) is 16.8 Å². The van der Waals surface area contributed by atoms with Gasteiger partial charge in [-0.05, 0) is 41.5 Å². The largest absolute Gasteiger partial charge is 0.418 e. The Balaban J connectivity index is 2.06. The quantitative estimate of drug-likeness (QED) is 0.532. The Kier molecular flexibility index (Phi) is 6.17. The third kappa shape index (κ3) is 4.92. The molecule has 1 aromatic heterocycles. The van der Waals surface area contributed by atoms with E-state index in [1.165, 1.54) is 48.7 Å². The molecule has 1 N–H and O–H groups in total. The van der Waals surface area contributed by atoms with Crippen LogP contribution in [0.2, 0.25) is 5.02 Å². The molecule has 29 heavy (non-hydrogen) atoms. The molecule has 0 bridgehead atoms. The molecule has 1 heterocycles. The van der Waals surface area contributed by atoms with Gasteiger partial charge in [0.15, 0.2) is 0 Å². The van der Waals surface area contributed by atoms with Gasteiger partial charge in [0.05, 0.1) is 17.3 Å². The van der Waals surface area contributed by atoms with Crippen molar-refractivity contribution in [1.29, 1.82) is 0 Å². The molecule has 1 atom stereocenters. The van der Waals surface area contributed by atoms with Crippen molar-refractivity contribution in [2.45, 2.75) is 18.9 Å². The van der Waals surface area contributed by atoms with Gasteiger partial charge < -0.3 is 5.32 Å². The summed E-state index contributed by atoms with van der Waals surface area (Å²) < 4.78 is 53.4. The molecule has 1 amide bonds. The van der Waals surface area contributed by atoms with Crippen LogP contribution in [-0.4, -0.2) is 10.9 Å². The lowest BCUT2D eigenvalue weighted by Crippen LogP contribution is -2.31. The van der Waals surface area contributed by atoms with Gasteiger partial charge in [-0.2, -0.15) is 13.2 Å². The number of nitrogens with one attached hydrogen (secondary N) is 1. The minimum Gasteiger partial charge on any atom is -0.340 e. The van der Waals surface area contributed by atoms with Crippen LogP contribution in [0.25, 0.3) is 0 Å². The molecular formula is C21H15ClF4N2O. The lowest BCUT2D eigenvalue weighted by atomic mass is 9.97. The molecule has 0 saturated heterocycles. The predicted molar refractivity (Wildman–Crippen MR) is 101 cm³/mol. The minimum absolute atomic E-state index is 0.187. The third-order valence-corrected chi connectivity index (χ3v) is 4.48. The van der Waals surface area contributed by atoms with Crippen molar-refractivity contribution in [2.75, 3.05) is 0 Å².